The van der Waals surface area contributed by atoms with Crippen molar-refractivity contribution in [3.63, 3.8) is 0 Å². The minimum atomic E-state index is 0.391. The van der Waals surface area contributed by atoms with Crippen LogP contribution in [0.2, 0.25) is 0 Å². The summed E-state index contributed by atoms with van der Waals surface area (Å²) in [7, 11) is 0. The third-order valence-corrected chi connectivity index (χ3v) is 5.90. The highest BCUT2D eigenvalue weighted by atomic mass is 79.9. The SMILES string of the molecule is CCNC(c1cc(Br)c(C)s1)C(CC)c1ccccc1. The van der Waals surface area contributed by atoms with E-state index in [1.165, 1.54) is 19.8 Å². The van der Waals surface area contributed by atoms with Crippen molar-refractivity contribution in [3.8, 4) is 0 Å². The van der Waals surface area contributed by atoms with Gasteiger partial charge in [-0.05, 0) is 47.4 Å². The smallest absolute Gasteiger partial charge is 0.0484 e. The van der Waals surface area contributed by atoms with E-state index in [2.05, 4.69) is 78.4 Å². The fraction of sp³-hybridized carbons (Fsp3) is 0.412. The summed E-state index contributed by atoms with van der Waals surface area (Å²) in [6.07, 6.45) is 1.14. The molecule has 0 amide bonds. The summed E-state index contributed by atoms with van der Waals surface area (Å²) >= 11 is 5.54. The lowest BCUT2D eigenvalue weighted by Gasteiger charge is -2.26. The highest BCUT2D eigenvalue weighted by molar-refractivity contribution is 9.10. The Morgan fingerprint density at radius 2 is 1.90 bits per heavy atom. The number of nitrogens with one attached hydrogen (secondary N) is 1. The summed E-state index contributed by atoms with van der Waals surface area (Å²) in [5.41, 5.74) is 1.42. The van der Waals surface area contributed by atoms with Gasteiger partial charge in [0.25, 0.3) is 0 Å². The van der Waals surface area contributed by atoms with Crippen LogP contribution >= 0.6 is 27.3 Å². The average Bonchev–Trinajstić information content (AvgIpc) is 2.79. The molecule has 0 aliphatic rings. The number of rotatable bonds is 6. The van der Waals surface area contributed by atoms with Crippen LogP contribution in [0, 0.1) is 6.92 Å². The maximum Gasteiger partial charge on any atom is 0.0484 e. The Bertz CT molecular complexity index is 516. The summed E-state index contributed by atoms with van der Waals surface area (Å²) in [5.74, 6) is 0.515. The lowest BCUT2D eigenvalue weighted by atomic mass is 9.88. The van der Waals surface area contributed by atoms with Crippen LogP contribution in [-0.2, 0) is 0 Å². The van der Waals surface area contributed by atoms with Gasteiger partial charge in [-0.3, -0.25) is 0 Å². The zero-order chi connectivity index (χ0) is 14.5. The molecule has 0 aliphatic carbocycles. The van der Waals surface area contributed by atoms with E-state index in [0.717, 1.165) is 13.0 Å². The second-order valence-corrected chi connectivity index (χ2v) is 7.16. The minimum absolute atomic E-state index is 0.391. The molecular weight excluding hydrogens is 330 g/mol. The molecule has 2 atom stereocenters. The first-order chi connectivity index (χ1) is 9.67. The van der Waals surface area contributed by atoms with Gasteiger partial charge in [0.15, 0.2) is 0 Å². The summed E-state index contributed by atoms with van der Waals surface area (Å²) in [6, 6.07) is 13.5. The molecule has 0 spiro atoms. The minimum Gasteiger partial charge on any atom is -0.309 e. The lowest BCUT2D eigenvalue weighted by molar-refractivity contribution is 0.451. The maximum absolute atomic E-state index is 3.68. The van der Waals surface area contributed by atoms with Crippen molar-refractivity contribution < 1.29 is 0 Å². The van der Waals surface area contributed by atoms with Crippen LogP contribution in [0.15, 0.2) is 40.9 Å². The average molecular weight is 352 g/mol. The van der Waals surface area contributed by atoms with Gasteiger partial charge in [0.2, 0.25) is 0 Å². The van der Waals surface area contributed by atoms with Crippen LogP contribution in [0.5, 0.6) is 0 Å². The maximum atomic E-state index is 3.68. The monoisotopic (exact) mass is 351 g/mol. The Morgan fingerprint density at radius 1 is 1.20 bits per heavy atom. The van der Waals surface area contributed by atoms with Crippen LogP contribution in [0.3, 0.4) is 0 Å². The molecule has 1 aromatic carbocycles. The van der Waals surface area contributed by atoms with E-state index in [1.54, 1.807) is 0 Å². The number of thiophene rings is 1. The molecule has 2 rings (SSSR count). The molecule has 0 bridgehead atoms. The number of aryl methyl sites for hydroxylation is 1. The molecule has 108 valence electrons. The van der Waals surface area contributed by atoms with Crippen molar-refractivity contribution in [2.75, 3.05) is 6.54 Å². The largest absolute Gasteiger partial charge is 0.309 e. The third kappa shape index (κ3) is 3.51. The Balaban J connectivity index is 2.35. The molecule has 2 aromatic rings. The highest BCUT2D eigenvalue weighted by Gasteiger charge is 2.24. The van der Waals surface area contributed by atoms with E-state index >= 15 is 0 Å². The van der Waals surface area contributed by atoms with Crippen LogP contribution in [0.1, 0.15) is 47.5 Å². The first-order valence-corrected chi connectivity index (χ1v) is 8.82. The first kappa shape index (κ1) is 15.7. The summed E-state index contributed by atoms with van der Waals surface area (Å²) in [6.45, 7) is 7.62. The van der Waals surface area contributed by atoms with Crippen LogP contribution in [-0.4, -0.2) is 6.54 Å². The molecule has 1 heterocycles. The number of hydrogen-bond donors (Lipinski definition) is 1. The molecule has 0 aliphatic heterocycles. The number of hydrogen-bond acceptors (Lipinski definition) is 2. The standard InChI is InChI=1S/C17H22BrNS/c1-4-14(13-9-7-6-8-10-13)17(19-5-2)16-11-15(18)12(3)20-16/h6-11,14,17,19H,4-5H2,1-3H3. The molecule has 0 saturated carbocycles. The van der Waals surface area contributed by atoms with Gasteiger partial charge in [-0.1, -0.05) is 44.2 Å². The van der Waals surface area contributed by atoms with Gasteiger partial charge in [0, 0.05) is 26.2 Å². The van der Waals surface area contributed by atoms with Crippen molar-refractivity contribution in [2.45, 2.75) is 39.2 Å². The van der Waals surface area contributed by atoms with E-state index in [4.69, 9.17) is 0 Å². The van der Waals surface area contributed by atoms with Gasteiger partial charge < -0.3 is 5.32 Å². The zero-order valence-electron chi connectivity index (χ0n) is 12.3. The van der Waals surface area contributed by atoms with Crippen LogP contribution in [0.25, 0.3) is 0 Å². The van der Waals surface area contributed by atoms with Crippen LogP contribution in [0.4, 0.5) is 0 Å². The Labute approximate surface area is 134 Å². The summed E-state index contributed by atoms with van der Waals surface area (Å²) in [5, 5.41) is 3.68. The van der Waals surface area contributed by atoms with Gasteiger partial charge >= 0.3 is 0 Å². The van der Waals surface area contributed by atoms with E-state index in [1.807, 2.05) is 11.3 Å². The number of halogens is 1. The number of benzene rings is 1. The lowest BCUT2D eigenvalue weighted by Crippen LogP contribution is -2.26. The third-order valence-electron chi connectivity index (χ3n) is 3.68. The Morgan fingerprint density at radius 3 is 2.40 bits per heavy atom. The quantitative estimate of drug-likeness (QED) is 0.707. The fourth-order valence-electron chi connectivity index (χ4n) is 2.66. The second kappa shape index (κ2) is 7.39. The molecule has 1 nitrogen and oxygen atoms in total. The molecule has 0 saturated heterocycles. The van der Waals surface area contributed by atoms with Crippen molar-refractivity contribution in [1.29, 1.82) is 0 Å². The molecule has 0 radical (unpaired) electrons. The molecule has 0 fully saturated rings. The van der Waals surface area contributed by atoms with Crippen molar-refractivity contribution in [3.05, 3.63) is 56.2 Å². The Hall–Kier alpha value is -0.640. The fourth-order valence-corrected chi connectivity index (χ4v) is 4.36. The summed E-state index contributed by atoms with van der Waals surface area (Å²) in [4.78, 5) is 2.78. The molecule has 2 unspecified atom stereocenters. The summed E-state index contributed by atoms with van der Waals surface area (Å²) < 4.78 is 1.23. The topological polar surface area (TPSA) is 12.0 Å². The molecule has 20 heavy (non-hydrogen) atoms. The second-order valence-electron chi connectivity index (χ2n) is 5.01. The van der Waals surface area contributed by atoms with Gasteiger partial charge in [-0.25, -0.2) is 0 Å². The van der Waals surface area contributed by atoms with E-state index in [9.17, 15) is 0 Å². The molecule has 1 N–H and O–H groups in total. The van der Waals surface area contributed by atoms with Crippen molar-refractivity contribution >= 4 is 27.3 Å². The molecule has 1 aromatic heterocycles. The van der Waals surface area contributed by atoms with E-state index < -0.39 is 0 Å². The van der Waals surface area contributed by atoms with Crippen LogP contribution < -0.4 is 5.32 Å². The predicted molar refractivity (Wildman–Crippen MR) is 92.6 cm³/mol. The van der Waals surface area contributed by atoms with Gasteiger partial charge in [-0.2, -0.15) is 0 Å². The Kier molecular flexibility index (Phi) is 5.82. The van der Waals surface area contributed by atoms with Crippen molar-refractivity contribution in [2.24, 2.45) is 0 Å². The van der Waals surface area contributed by atoms with E-state index in [0.29, 0.717) is 12.0 Å². The predicted octanol–water partition coefficient (Wildman–Crippen LogP) is 5.66. The number of likely N-dealkylation sites (N-methyl/N-ethyl adjacent to an activating group) is 1. The first-order valence-electron chi connectivity index (χ1n) is 7.21. The van der Waals surface area contributed by atoms with Gasteiger partial charge in [0.1, 0.15) is 0 Å². The molecule has 3 heteroatoms. The normalized spacial score (nSPS) is 14.2. The van der Waals surface area contributed by atoms with E-state index in [-0.39, 0.29) is 0 Å². The molecular formula is C17H22BrNS. The van der Waals surface area contributed by atoms with Crippen molar-refractivity contribution in [1.82, 2.24) is 5.32 Å². The zero-order valence-corrected chi connectivity index (χ0v) is 14.7. The van der Waals surface area contributed by atoms with Gasteiger partial charge in [-0.15, -0.1) is 11.3 Å². The van der Waals surface area contributed by atoms with Gasteiger partial charge in [0.05, 0.1) is 0 Å². The highest BCUT2D eigenvalue weighted by Crippen LogP contribution is 2.39.